The zero-order valence-corrected chi connectivity index (χ0v) is 18.4. The van der Waals surface area contributed by atoms with Gasteiger partial charge in [-0.25, -0.2) is 0 Å². The van der Waals surface area contributed by atoms with Gasteiger partial charge in [0.2, 0.25) is 5.91 Å². The molecule has 0 aliphatic carbocycles. The molecule has 0 atom stereocenters. The molecule has 6 heteroatoms. The van der Waals surface area contributed by atoms with Gasteiger partial charge in [-0.05, 0) is 67.2 Å². The molecule has 30 heavy (non-hydrogen) atoms. The Balaban J connectivity index is 1.22. The Bertz CT molecular complexity index is 834. The van der Waals surface area contributed by atoms with Gasteiger partial charge < -0.3 is 14.5 Å². The lowest BCUT2D eigenvalue weighted by Crippen LogP contribution is -2.46. The predicted octanol–water partition coefficient (Wildman–Crippen LogP) is 4.09. The minimum atomic E-state index is 0.0653. The highest BCUT2D eigenvalue weighted by atomic mass is 32.1. The van der Waals surface area contributed by atoms with Crippen LogP contribution in [-0.2, 0) is 11.2 Å². The molecule has 0 bridgehead atoms. The van der Waals surface area contributed by atoms with E-state index >= 15 is 0 Å². The molecule has 2 saturated heterocycles. The molecule has 3 heterocycles. The Kier molecular flexibility index (Phi) is 6.72. The maximum absolute atomic E-state index is 13.0. The number of thiophene rings is 1. The van der Waals surface area contributed by atoms with Gasteiger partial charge in [-0.1, -0.05) is 18.2 Å². The third-order valence-electron chi connectivity index (χ3n) is 6.47. The van der Waals surface area contributed by atoms with E-state index in [0.29, 0.717) is 24.9 Å². The topological polar surface area (TPSA) is 49.9 Å². The van der Waals surface area contributed by atoms with E-state index in [1.54, 1.807) is 7.11 Å². The first-order valence-corrected chi connectivity index (χ1v) is 11.8. The number of piperidine rings is 2. The number of ether oxygens (including phenoxy) is 1. The maximum atomic E-state index is 13.0. The second-order valence-corrected chi connectivity index (χ2v) is 9.31. The number of rotatable bonds is 5. The molecule has 2 aliphatic rings. The fourth-order valence-electron chi connectivity index (χ4n) is 4.60. The van der Waals surface area contributed by atoms with Crippen molar-refractivity contribution in [2.75, 3.05) is 33.3 Å². The summed E-state index contributed by atoms with van der Waals surface area (Å²) in [5, 5.41) is 1.93. The number of hydrogen-bond acceptors (Lipinski definition) is 4. The first-order valence-electron chi connectivity index (χ1n) is 10.9. The zero-order chi connectivity index (χ0) is 20.9. The van der Waals surface area contributed by atoms with Gasteiger partial charge in [0.1, 0.15) is 5.75 Å². The number of benzene rings is 1. The van der Waals surface area contributed by atoms with Crippen LogP contribution in [0.3, 0.4) is 0 Å². The van der Waals surface area contributed by atoms with Crippen molar-refractivity contribution in [1.82, 2.24) is 9.80 Å². The molecular formula is C24H30N2O3S. The SMILES string of the molecule is COc1ccc(CC2CCN(C(=O)C3CCN(C(=O)c4cccs4)CC3)CC2)cc1. The van der Waals surface area contributed by atoms with Crippen LogP contribution in [0.15, 0.2) is 41.8 Å². The van der Waals surface area contributed by atoms with E-state index in [-0.39, 0.29) is 11.8 Å². The second kappa shape index (κ2) is 9.65. The first-order chi connectivity index (χ1) is 14.6. The molecule has 0 unspecified atom stereocenters. The van der Waals surface area contributed by atoms with Crippen molar-refractivity contribution in [3.63, 3.8) is 0 Å². The van der Waals surface area contributed by atoms with Crippen LogP contribution in [-0.4, -0.2) is 54.9 Å². The summed E-state index contributed by atoms with van der Waals surface area (Å²) in [4.78, 5) is 30.3. The van der Waals surface area contributed by atoms with Crippen LogP contribution >= 0.6 is 11.3 Å². The van der Waals surface area contributed by atoms with Crippen LogP contribution < -0.4 is 4.74 Å². The molecular weight excluding hydrogens is 396 g/mol. The summed E-state index contributed by atoms with van der Waals surface area (Å²) in [6.45, 7) is 3.07. The van der Waals surface area contributed by atoms with Crippen LogP contribution in [0.4, 0.5) is 0 Å². The van der Waals surface area contributed by atoms with E-state index in [2.05, 4.69) is 17.0 Å². The van der Waals surface area contributed by atoms with Gasteiger partial charge in [0.15, 0.2) is 0 Å². The Morgan fingerprint density at radius 1 is 0.967 bits per heavy atom. The van der Waals surface area contributed by atoms with Crippen molar-refractivity contribution in [3.8, 4) is 5.75 Å². The highest BCUT2D eigenvalue weighted by molar-refractivity contribution is 7.12. The Morgan fingerprint density at radius 3 is 2.23 bits per heavy atom. The summed E-state index contributed by atoms with van der Waals surface area (Å²) in [7, 11) is 1.69. The van der Waals surface area contributed by atoms with E-state index in [4.69, 9.17) is 4.74 Å². The average molecular weight is 427 g/mol. The smallest absolute Gasteiger partial charge is 0.263 e. The summed E-state index contributed by atoms with van der Waals surface area (Å²) >= 11 is 1.48. The molecule has 0 radical (unpaired) electrons. The van der Waals surface area contributed by atoms with Gasteiger partial charge in [-0.15, -0.1) is 11.3 Å². The highest BCUT2D eigenvalue weighted by Gasteiger charge is 2.32. The average Bonchev–Trinajstić information content (AvgIpc) is 3.34. The molecule has 1 aromatic carbocycles. The number of carbonyl (C=O) groups excluding carboxylic acids is 2. The van der Waals surface area contributed by atoms with Crippen molar-refractivity contribution < 1.29 is 14.3 Å². The van der Waals surface area contributed by atoms with Crippen molar-refractivity contribution >= 4 is 23.2 Å². The highest BCUT2D eigenvalue weighted by Crippen LogP contribution is 2.27. The van der Waals surface area contributed by atoms with Crippen molar-refractivity contribution in [1.29, 1.82) is 0 Å². The summed E-state index contributed by atoms with van der Waals surface area (Å²) < 4.78 is 5.23. The second-order valence-electron chi connectivity index (χ2n) is 8.36. The number of likely N-dealkylation sites (tertiary alicyclic amines) is 2. The predicted molar refractivity (Wildman–Crippen MR) is 119 cm³/mol. The van der Waals surface area contributed by atoms with E-state index in [0.717, 1.165) is 55.8 Å². The minimum absolute atomic E-state index is 0.0653. The third kappa shape index (κ3) is 4.86. The van der Waals surface area contributed by atoms with Gasteiger partial charge in [0.05, 0.1) is 12.0 Å². The molecule has 1 aromatic heterocycles. The molecule has 0 N–H and O–H groups in total. The maximum Gasteiger partial charge on any atom is 0.263 e. The van der Waals surface area contributed by atoms with E-state index in [1.807, 2.05) is 34.5 Å². The molecule has 2 fully saturated rings. The van der Waals surface area contributed by atoms with Crippen molar-refractivity contribution in [2.24, 2.45) is 11.8 Å². The van der Waals surface area contributed by atoms with Gasteiger partial charge in [-0.2, -0.15) is 0 Å². The van der Waals surface area contributed by atoms with E-state index in [9.17, 15) is 9.59 Å². The summed E-state index contributed by atoms with van der Waals surface area (Å²) in [6.07, 6.45) is 4.75. The molecule has 0 saturated carbocycles. The number of nitrogens with zero attached hydrogens (tertiary/aromatic N) is 2. The fraction of sp³-hybridized carbons (Fsp3) is 0.500. The molecule has 160 valence electrons. The minimum Gasteiger partial charge on any atom is -0.497 e. The van der Waals surface area contributed by atoms with Crippen LogP contribution in [0.25, 0.3) is 0 Å². The quantitative estimate of drug-likeness (QED) is 0.724. The van der Waals surface area contributed by atoms with Gasteiger partial charge in [-0.3, -0.25) is 9.59 Å². The number of methoxy groups -OCH3 is 1. The standard InChI is InChI=1S/C24H30N2O3S/c1-29-21-6-4-18(5-7-21)17-19-8-12-25(13-9-19)23(27)20-10-14-26(15-11-20)24(28)22-3-2-16-30-22/h2-7,16,19-20H,8-15,17H2,1H3. The molecule has 2 aliphatic heterocycles. The van der Waals surface area contributed by atoms with E-state index in [1.165, 1.54) is 16.9 Å². The molecule has 5 nitrogen and oxygen atoms in total. The molecule has 2 aromatic rings. The zero-order valence-electron chi connectivity index (χ0n) is 17.6. The lowest BCUT2D eigenvalue weighted by atomic mass is 9.88. The Hall–Kier alpha value is -2.34. The first kappa shape index (κ1) is 20.9. The van der Waals surface area contributed by atoms with Crippen molar-refractivity contribution in [2.45, 2.75) is 32.1 Å². The number of amides is 2. The summed E-state index contributed by atoms with van der Waals surface area (Å²) in [5.74, 6) is 1.99. The molecule has 4 rings (SSSR count). The van der Waals surface area contributed by atoms with Crippen LogP contribution in [0.1, 0.15) is 40.9 Å². The summed E-state index contributed by atoms with van der Waals surface area (Å²) in [5.41, 5.74) is 1.34. The van der Waals surface area contributed by atoms with E-state index < -0.39 is 0 Å². The monoisotopic (exact) mass is 426 g/mol. The van der Waals surface area contributed by atoms with Gasteiger partial charge in [0.25, 0.3) is 5.91 Å². The van der Waals surface area contributed by atoms with Gasteiger partial charge in [0, 0.05) is 32.1 Å². The number of carbonyl (C=O) groups is 2. The third-order valence-corrected chi connectivity index (χ3v) is 7.33. The van der Waals surface area contributed by atoms with Gasteiger partial charge >= 0.3 is 0 Å². The lowest BCUT2D eigenvalue weighted by molar-refractivity contribution is -0.138. The number of hydrogen-bond donors (Lipinski definition) is 0. The summed E-state index contributed by atoms with van der Waals surface area (Å²) in [6, 6.07) is 12.1. The van der Waals surface area contributed by atoms with Crippen LogP contribution in [0.5, 0.6) is 5.75 Å². The lowest BCUT2D eigenvalue weighted by Gasteiger charge is -2.37. The van der Waals surface area contributed by atoms with Crippen molar-refractivity contribution in [3.05, 3.63) is 52.2 Å². The Morgan fingerprint density at radius 2 is 1.63 bits per heavy atom. The fourth-order valence-corrected chi connectivity index (χ4v) is 5.29. The largest absolute Gasteiger partial charge is 0.497 e. The molecule has 0 spiro atoms. The Labute approximate surface area is 182 Å². The van der Waals surface area contributed by atoms with Crippen LogP contribution in [0.2, 0.25) is 0 Å². The van der Waals surface area contributed by atoms with Crippen LogP contribution in [0, 0.1) is 11.8 Å². The normalized spacial score (nSPS) is 18.4. The molecule has 2 amide bonds.